The minimum absolute atomic E-state index is 0.133. The van der Waals surface area contributed by atoms with Gasteiger partial charge in [-0.2, -0.15) is 10.6 Å². The van der Waals surface area contributed by atoms with Gasteiger partial charge in [-0.25, -0.2) is 5.53 Å². The molecule has 5 nitrogen and oxygen atoms in total. The van der Waals surface area contributed by atoms with Crippen molar-refractivity contribution in [3.8, 4) is 0 Å². The number of hydrogen-bond acceptors (Lipinski definition) is 5. The van der Waals surface area contributed by atoms with Crippen LogP contribution in [0, 0.1) is 17.0 Å². The Morgan fingerprint density at radius 2 is 1.50 bits per heavy atom. The topological polar surface area (TPSA) is 81.7 Å². The quantitative estimate of drug-likeness (QED) is 0.508. The van der Waals surface area contributed by atoms with Crippen LogP contribution in [0.2, 0.25) is 0 Å². The minimum atomic E-state index is 0.133. The van der Waals surface area contributed by atoms with Crippen molar-refractivity contribution in [3.05, 3.63) is 0 Å². The first-order valence-corrected chi connectivity index (χ1v) is 8.15. The Balaban J connectivity index is 2.42. The van der Waals surface area contributed by atoms with Crippen LogP contribution in [0.3, 0.4) is 0 Å². The molecule has 0 aromatic carbocycles. The fourth-order valence-electron chi connectivity index (χ4n) is 3.02. The number of nitrogens with zero attached hydrogens (tertiary/aromatic N) is 2. The van der Waals surface area contributed by atoms with E-state index in [2.05, 4.69) is 17.3 Å². The molecule has 1 aliphatic rings. The van der Waals surface area contributed by atoms with Crippen LogP contribution in [-0.4, -0.2) is 12.1 Å². The van der Waals surface area contributed by atoms with Gasteiger partial charge in [-0.1, -0.05) is 39.0 Å². The highest BCUT2D eigenvalue weighted by atomic mass is 16.6. The van der Waals surface area contributed by atoms with Crippen LogP contribution < -0.4 is 0 Å². The lowest BCUT2D eigenvalue weighted by Gasteiger charge is -2.18. The lowest BCUT2D eigenvalue weighted by Crippen LogP contribution is -2.12. The summed E-state index contributed by atoms with van der Waals surface area (Å²) in [6.45, 7) is 2.29. The van der Waals surface area contributed by atoms with Gasteiger partial charge in [0, 0.05) is 5.28 Å². The van der Waals surface area contributed by atoms with Crippen molar-refractivity contribution in [1.29, 1.82) is 11.1 Å². The summed E-state index contributed by atoms with van der Waals surface area (Å²) in [4.78, 5) is 5.18. The average Bonchev–Trinajstić information content (AvgIpc) is 2.45. The van der Waals surface area contributed by atoms with Crippen molar-refractivity contribution >= 4 is 0 Å². The molecule has 0 amide bonds. The lowest BCUT2D eigenvalue weighted by atomic mass is 9.92. The maximum atomic E-state index is 7.27. The van der Waals surface area contributed by atoms with Crippen LogP contribution >= 0.6 is 0 Å². The highest BCUT2D eigenvalue weighted by Crippen LogP contribution is 2.23. The lowest BCUT2D eigenvalue weighted by molar-refractivity contribution is 0.0213. The first-order chi connectivity index (χ1) is 9.76. The molecule has 0 saturated heterocycles. The van der Waals surface area contributed by atoms with E-state index in [9.17, 15) is 0 Å². The number of hydrogen-bond donors (Lipinski definition) is 2. The minimum Gasteiger partial charge on any atom is -0.376 e. The zero-order valence-electron chi connectivity index (χ0n) is 12.8. The first kappa shape index (κ1) is 17.1. The zero-order valence-corrected chi connectivity index (χ0v) is 12.8. The molecule has 3 unspecified atom stereocenters. The third kappa shape index (κ3) is 7.56. The number of rotatable bonds is 3. The van der Waals surface area contributed by atoms with Gasteiger partial charge in [0.1, 0.15) is 6.10 Å². The van der Waals surface area contributed by atoms with E-state index in [-0.39, 0.29) is 12.1 Å². The van der Waals surface area contributed by atoms with Gasteiger partial charge in [0.15, 0.2) is 0 Å². The van der Waals surface area contributed by atoms with E-state index in [0.29, 0.717) is 5.92 Å². The van der Waals surface area contributed by atoms with E-state index < -0.39 is 0 Å². The van der Waals surface area contributed by atoms with Crippen molar-refractivity contribution in [2.24, 2.45) is 16.3 Å². The van der Waals surface area contributed by atoms with Crippen LogP contribution in [0.25, 0.3) is 0 Å². The van der Waals surface area contributed by atoms with Crippen molar-refractivity contribution in [2.75, 3.05) is 0 Å². The summed E-state index contributed by atoms with van der Waals surface area (Å²) in [5.41, 5.74) is 14.1. The Morgan fingerprint density at radius 3 is 2.20 bits per heavy atom. The third-order valence-corrected chi connectivity index (χ3v) is 4.41. The molecule has 0 aromatic heterocycles. The summed E-state index contributed by atoms with van der Waals surface area (Å²) >= 11 is 0. The molecule has 5 heteroatoms. The summed E-state index contributed by atoms with van der Waals surface area (Å²) < 4.78 is 0. The first-order valence-electron chi connectivity index (χ1n) is 8.15. The molecule has 0 radical (unpaired) electrons. The summed E-state index contributed by atoms with van der Waals surface area (Å²) in [5.74, 6) is 0.682. The van der Waals surface area contributed by atoms with Gasteiger partial charge in [-0.3, -0.25) is 0 Å². The molecule has 2 N–H and O–H groups in total. The second-order valence-electron chi connectivity index (χ2n) is 6.21. The Kier molecular flexibility index (Phi) is 9.16. The zero-order chi connectivity index (χ0) is 14.6. The van der Waals surface area contributed by atoms with Gasteiger partial charge in [-0.15, -0.1) is 0 Å². The van der Waals surface area contributed by atoms with Crippen molar-refractivity contribution in [2.45, 2.75) is 89.7 Å². The Bertz CT molecular complexity index is 273. The summed E-state index contributed by atoms with van der Waals surface area (Å²) in [6.07, 6.45) is 12.6. The second kappa shape index (κ2) is 10.7. The normalized spacial score (nSPS) is 30.9. The molecule has 0 spiro atoms. The van der Waals surface area contributed by atoms with E-state index in [1.165, 1.54) is 32.1 Å². The van der Waals surface area contributed by atoms with Crippen molar-refractivity contribution < 1.29 is 4.84 Å². The molecular weight excluding hydrogens is 252 g/mol. The predicted octanol–water partition coefficient (Wildman–Crippen LogP) is 5.66. The SMILES string of the molecule is CC1CCCC(N=N)CCCCCCC(ON=N)CC1. The maximum Gasteiger partial charge on any atom is 0.129 e. The third-order valence-electron chi connectivity index (χ3n) is 4.41. The molecule has 1 fully saturated rings. The van der Waals surface area contributed by atoms with E-state index in [1.54, 1.807) is 0 Å². The van der Waals surface area contributed by atoms with E-state index >= 15 is 0 Å². The molecule has 1 aliphatic carbocycles. The molecule has 0 bridgehead atoms. The fraction of sp³-hybridized carbons (Fsp3) is 1.00. The maximum absolute atomic E-state index is 7.27. The largest absolute Gasteiger partial charge is 0.376 e. The highest BCUT2D eigenvalue weighted by Gasteiger charge is 2.14. The molecule has 1 rings (SSSR count). The standard InChI is InChI=1S/C15H30N4O/c1-13-7-6-9-14(18-16)8-4-2-3-5-10-15(12-11-13)20-19-17/h13-17H,2-12H2,1H3. The number of nitrogens with one attached hydrogen (secondary N) is 2. The monoisotopic (exact) mass is 282 g/mol. The predicted molar refractivity (Wildman–Crippen MR) is 78.9 cm³/mol. The van der Waals surface area contributed by atoms with Gasteiger partial charge in [0.2, 0.25) is 0 Å². The van der Waals surface area contributed by atoms with E-state index in [4.69, 9.17) is 15.9 Å². The molecule has 0 aliphatic heterocycles. The van der Waals surface area contributed by atoms with Gasteiger partial charge in [0.25, 0.3) is 0 Å². The Morgan fingerprint density at radius 1 is 0.800 bits per heavy atom. The van der Waals surface area contributed by atoms with Gasteiger partial charge in [-0.05, 0) is 44.4 Å². The van der Waals surface area contributed by atoms with E-state index in [0.717, 1.165) is 38.5 Å². The van der Waals surface area contributed by atoms with Crippen LogP contribution in [0.1, 0.15) is 77.6 Å². The molecule has 1 saturated carbocycles. The van der Waals surface area contributed by atoms with Crippen molar-refractivity contribution in [1.82, 2.24) is 0 Å². The Hall–Kier alpha value is -1.00. The van der Waals surface area contributed by atoms with E-state index in [1.807, 2.05) is 0 Å². The highest BCUT2D eigenvalue weighted by molar-refractivity contribution is 4.68. The Labute approximate surface area is 122 Å². The molecule has 0 aromatic rings. The summed E-state index contributed by atoms with van der Waals surface area (Å²) in [6, 6.07) is 0.253. The van der Waals surface area contributed by atoms with Crippen LogP contribution in [0.15, 0.2) is 10.4 Å². The van der Waals surface area contributed by atoms with Gasteiger partial charge < -0.3 is 4.84 Å². The smallest absolute Gasteiger partial charge is 0.129 e. The summed E-state index contributed by atoms with van der Waals surface area (Å²) in [7, 11) is 0. The average molecular weight is 282 g/mol. The van der Waals surface area contributed by atoms with Gasteiger partial charge in [0.05, 0.1) is 6.04 Å². The fourth-order valence-corrected chi connectivity index (χ4v) is 3.02. The molecule has 116 valence electrons. The van der Waals surface area contributed by atoms with Crippen molar-refractivity contribution in [3.63, 3.8) is 0 Å². The summed E-state index contributed by atoms with van der Waals surface area (Å²) in [5, 5.41) is 6.90. The van der Waals surface area contributed by atoms with Gasteiger partial charge >= 0.3 is 0 Å². The van der Waals surface area contributed by atoms with Crippen LogP contribution in [0.5, 0.6) is 0 Å². The van der Waals surface area contributed by atoms with Crippen LogP contribution in [-0.2, 0) is 4.84 Å². The molecule has 0 heterocycles. The molecular formula is C15H30N4O. The second-order valence-corrected chi connectivity index (χ2v) is 6.21. The van der Waals surface area contributed by atoms with Crippen LogP contribution in [0.4, 0.5) is 0 Å². The molecule has 3 atom stereocenters. The molecule has 20 heavy (non-hydrogen) atoms.